The number of methoxy groups -OCH3 is 1. The van der Waals surface area contributed by atoms with Crippen LogP contribution in [-0.4, -0.2) is 82.7 Å². The fraction of sp³-hybridized carbons (Fsp3) is 0.500. The largest absolute Gasteiger partial charge is 0.493 e. The molecule has 2 aromatic heterocycles. The van der Waals surface area contributed by atoms with Gasteiger partial charge in [0.05, 0.1) is 24.9 Å². The lowest BCUT2D eigenvalue weighted by molar-refractivity contribution is 0.0421. The fourth-order valence-corrected chi connectivity index (χ4v) is 3.82. The first-order chi connectivity index (χ1) is 15.5. The summed E-state index contributed by atoms with van der Waals surface area (Å²) in [6.07, 6.45) is -0.583. The predicted molar refractivity (Wildman–Crippen MR) is 115 cm³/mol. The Bertz CT molecular complexity index is 992. The van der Waals surface area contributed by atoms with Gasteiger partial charge in [-0.1, -0.05) is 22.4 Å². The van der Waals surface area contributed by atoms with Crippen molar-refractivity contribution in [1.29, 1.82) is 0 Å². The van der Waals surface area contributed by atoms with E-state index in [-0.39, 0.29) is 6.61 Å². The highest BCUT2D eigenvalue weighted by molar-refractivity contribution is 5.59. The number of aliphatic hydroxyl groups is 1. The van der Waals surface area contributed by atoms with Crippen molar-refractivity contribution in [2.45, 2.75) is 26.5 Å². The van der Waals surface area contributed by atoms with Gasteiger partial charge in [-0.2, -0.15) is 4.98 Å². The van der Waals surface area contributed by atoms with E-state index in [1.54, 1.807) is 7.11 Å². The van der Waals surface area contributed by atoms with Crippen molar-refractivity contribution in [1.82, 2.24) is 25.1 Å². The summed E-state index contributed by atoms with van der Waals surface area (Å²) in [4.78, 5) is 9.00. The van der Waals surface area contributed by atoms with Gasteiger partial charge in [0.2, 0.25) is 11.7 Å². The van der Waals surface area contributed by atoms with Crippen LogP contribution in [0.4, 0.5) is 0 Å². The standard InChI is InChI=1S/C22H29N5O5/c1-15-21(16(2)31-24-15)22-23-20(32-25-22)13-27-10-8-26(9-11-27)12-17(28)14-30-19-7-5-4-6-18(19)29-3/h4-7,17,28H,8-14H2,1-3H3/t17-/m1/s1. The fourth-order valence-electron chi connectivity index (χ4n) is 3.82. The normalized spacial score (nSPS) is 16.2. The van der Waals surface area contributed by atoms with E-state index in [0.717, 1.165) is 37.4 Å². The Hall–Kier alpha value is -2.95. The number of aliphatic hydroxyl groups excluding tert-OH is 1. The number of aromatic nitrogens is 3. The van der Waals surface area contributed by atoms with Crippen LogP contribution in [0.5, 0.6) is 11.5 Å². The van der Waals surface area contributed by atoms with E-state index in [1.807, 2.05) is 38.1 Å². The molecule has 1 aliphatic rings. The number of ether oxygens (including phenoxy) is 2. The van der Waals surface area contributed by atoms with Gasteiger partial charge in [-0.3, -0.25) is 9.80 Å². The van der Waals surface area contributed by atoms with Gasteiger partial charge < -0.3 is 23.6 Å². The van der Waals surface area contributed by atoms with E-state index >= 15 is 0 Å². The van der Waals surface area contributed by atoms with Gasteiger partial charge in [0.15, 0.2) is 11.5 Å². The molecule has 0 radical (unpaired) electrons. The molecule has 1 saturated heterocycles. The zero-order valence-corrected chi connectivity index (χ0v) is 18.7. The lowest BCUT2D eigenvalue weighted by Crippen LogP contribution is -2.48. The molecule has 0 saturated carbocycles. The highest BCUT2D eigenvalue weighted by Crippen LogP contribution is 2.26. The molecule has 0 unspecified atom stereocenters. The number of β-amino-alcohol motifs (C(OH)–C–C–N with tert-alkyl or cyclic N) is 1. The van der Waals surface area contributed by atoms with E-state index in [0.29, 0.717) is 42.1 Å². The smallest absolute Gasteiger partial charge is 0.241 e. The average molecular weight is 444 g/mol. The minimum absolute atomic E-state index is 0.215. The molecule has 0 spiro atoms. The molecule has 1 aliphatic heterocycles. The van der Waals surface area contributed by atoms with Crippen molar-refractivity contribution in [3.8, 4) is 22.9 Å². The van der Waals surface area contributed by atoms with Crippen LogP contribution in [0, 0.1) is 13.8 Å². The topological polar surface area (TPSA) is 110 Å². The third-order valence-corrected chi connectivity index (χ3v) is 5.52. The van der Waals surface area contributed by atoms with Crippen LogP contribution in [0.15, 0.2) is 33.3 Å². The number of aryl methyl sites for hydroxylation is 2. The summed E-state index contributed by atoms with van der Waals surface area (Å²) in [6, 6.07) is 7.43. The average Bonchev–Trinajstić information content (AvgIpc) is 3.39. The van der Waals surface area contributed by atoms with Crippen LogP contribution in [0.2, 0.25) is 0 Å². The van der Waals surface area contributed by atoms with Crippen LogP contribution in [0.1, 0.15) is 17.3 Å². The van der Waals surface area contributed by atoms with Gasteiger partial charge in [-0.15, -0.1) is 0 Å². The number of rotatable bonds is 9. The lowest BCUT2D eigenvalue weighted by atomic mass is 10.2. The van der Waals surface area contributed by atoms with Crippen LogP contribution in [0.25, 0.3) is 11.4 Å². The molecule has 4 rings (SSSR count). The number of nitrogens with zero attached hydrogens (tertiary/aromatic N) is 5. The van der Waals surface area contributed by atoms with Gasteiger partial charge in [0, 0.05) is 32.7 Å². The van der Waals surface area contributed by atoms with Crippen molar-refractivity contribution in [2.75, 3.05) is 46.4 Å². The molecule has 0 aliphatic carbocycles. The van der Waals surface area contributed by atoms with Crippen LogP contribution in [-0.2, 0) is 6.54 Å². The second-order valence-electron chi connectivity index (χ2n) is 7.90. The number of hydrogen-bond acceptors (Lipinski definition) is 10. The van der Waals surface area contributed by atoms with Crippen molar-refractivity contribution in [2.24, 2.45) is 0 Å². The van der Waals surface area contributed by atoms with Crippen LogP contribution >= 0.6 is 0 Å². The maximum atomic E-state index is 10.4. The van der Waals surface area contributed by atoms with Gasteiger partial charge in [0.1, 0.15) is 18.5 Å². The number of piperazine rings is 1. The first kappa shape index (κ1) is 22.3. The summed E-state index contributed by atoms with van der Waals surface area (Å²) >= 11 is 0. The number of benzene rings is 1. The van der Waals surface area contributed by atoms with E-state index in [1.165, 1.54) is 0 Å². The second-order valence-corrected chi connectivity index (χ2v) is 7.90. The van der Waals surface area contributed by atoms with E-state index in [4.69, 9.17) is 18.5 Å². The van der Waals surface area contributed by atoms with Crippen molar-refractivity contribution in [3.05, 3.63) is 41.6 Å². The summed E-state index contributed by atoms with van der Waals surface area (Å²) in [5, 5.41) is 18.4. The maximum Gasteiger partial charge on any atom is 0.241 e. The maximum absolute atomic E-state index is 10.4. The summed E-state index contributed by atoms with van der Waals surface area (Å²) in [6.45, 7) is 8.44. The molecule has 172 valence electrons. The number of para-hydroxylation sites is 2. The summed E-state index contributed by atoms with van der Waals surface area (Å²) < 4.78 is 21.6. The molecule has 0 amide bonds. The molecule has 1 N–H and O–H groups in total. The van der Waals surface area contributed by atoms with E-state index in [9.17, 15) is 5.11 Å². The SMILES string of the molecule is COc1ccccc1OC[C@H](O)CN1CCN(Cc2nc(-c3c(C)noc3C)no2)CC1. The first-order valence-electron chi connectivity index (χ1n) is 10.7. The summed E-state index contributed by atoms with van der Waals surface area (Å²) in [7, 11) is 1.60. The molecule has 1 aromatic carbocycles. The Kier molecular flexibility index (Phi) is 7.03. The Balaban J connectivity index is 1.22. The Labute approximate surface area is 186 Å². The minimum atomic E-state index is -0.583. The van der Waals surface area contributed by atoms with Crippen molar-refractivity contribution >= 4 is 0 Å². The molecular weight excluding hydrogens is 414 g/mol. The predicted octanol–water partition coefficient (Wildman–Crippen LogP) is 1.91. The van der Waals surface area contributed by atoms with Gasteiger partial charge in [0.25, 0.3) is 0 Å². The summed E-state index contributed by atoms with van der Waals surface area (Å²) in [5.74, 6) is 3.05. The number of hydrogen-bond donors (Lipinski definition) is 1. The van der Waals surface area contributed by atoms with Crippen molar-refractivity contribution < 1.29 is 23.6 Å². The Morgan fingerprint density at radius 1 is 1.03 bits per heavy atom. The van der Waals surface area contributed by atoms with Gasteiger partial charge in [-0.25, -0.2) is 0 Å². The molecule has 3 heterocycles. The highest BCUT2D eigenvalue weighted by atomic mass is 16.5. The molecule has 32 heavy (non-hydrogen) atoms. The molecular formula is C22H29N5O5. The monoisotopic (exact) mass is 443 g/mol. The molecule has 1 fully saturated rings. The summed E-state index contributed by atoms with van der Waals surface area (Å²) in [5.41, 5.74) is 1.53. The van der Waals surface area contributed by atoms with Crippen LogP contribution in [0.3, 0.4) is 0 Å². The molecule has 10 heteroatoms. The molecule has 1 atom stereocenters. The first-order valence-corrected chi connectivity index (χ1v) is 10.7. The zero-order valence-electron chi connectivity index (χ0n) is 18.7. The van der Waals surface area contributed by atoms with E-state index < -0.39 is 6.10 Å². The highest BCUT2D eigenvalue weighted by Gasteiger charge is 2.23. The van der Waals surface area contributed by atoms with E-state index in [2.05, 4.69) is 25.1 Å². The minimum Gasteiger partial charge on any atom is -0.493 e. The molecule has 10 nitrogen and oxygen atoms in total. The van der Waals surface area contributed by atoms with Gasteiger partial charge >= 0.3 is 0 Å². The third-order valence-electron chi connectivity index (χ3n) is 5.52. The Morgan fingerprint density at radius 3 is 2.44 bits per heavy atom. The molecule has 0 bridgehead atoms. The molecule has 3 aromatic rings. The van der Waals surface area contributed by atoms with Crippen LogP contribution < -0.4 is 9.47 Å². The third kappa shape index (κ3) is 5.26. The zero-order chi connectivity index (χ0) is 22.5. The second kappa shape index (κ2) is 10.1. The lowest BCUT2D eigenvalue weighted by Gasteiger charge is -2.34. The Morgan fingerprint density at radius 2 is 1.75 bits per heavy atom. The quantitative estimate of drug-likeness (QED) is 0.526. The van der Waals surface area contributed by atoms with Gasteiger partial charge in [-0.05, 0) is 26.0 Å². The van der Waals surface area contributed by atoms with Crippen molar-refractivity contribution in [3.63, 3.8) is 0 Å².